The van der Waals surface area contributed by atoms with E-state index >= 15 is 0 Å². The zero-order valence-electron chi connectivity index (χ0n) is 11.0. The Kier molecular flexibility index (Phi) is 2.90. The van der Waals surface area contributed by atoms with Crippen LogP contribution in [0.5, 0.6) is 5.75 Å². The first-order chi connectivity index (χ1) is 9.56. The molecule has 7 nitrogen and oxygen atoms in total. The Morgan fingerprint density at radius 2 is 2.30 bits per heavy atom. The van der Waals surface area contributed by atoms with Crippen LogP contribution in [0.4, 0.5) is 5.69 Å². The maximum atomic E-state index is 10.9. The molecule has 0 aliphatic carbocycles. The minimum Gasteiger partial charge on any atom is -0.502 e. The smallest absolute Gasteiger partial charge is 0.311 e. The van der Waals surface area contributed by atoms with E-state index in [9.17, 15) is 15.2 Å². The number of aromatic hydroxyl groups is 1. The Labute approximate surface area is 115 Å². The summed E-state index contributed by atoms with van der Waals surface area (Å²) in [6.45, 7) is 1.72. The van der Waals surface area contributed by atoms with Crippen LogP contribution in [0.3, 0.4) is 0 Å². The number of nitro benzene ring substituents is 1. The highest BCUT2D eigenvalue weighted by molar-refractivity contribution is 5.69. The van der Waals surface area contributed by atoms with Crippen molar-refractivity contribution in [1.82, 2.24) is 15.1 Å². The highest BCUT2D eigenvalue weighted by Gasteiger charge is 2.22. The van der Waals surface area contributed by atoms with Crippen LogP contribution >= 0.6 is 0 Å². The summed E-state index contributed by atoms with van der Waals surface area (Å²) in [6, 6.07) is 4.34. The van der Waals surface area contributed by atoms with Gasteiger partial charge in [-0.1, -0.05) is 0 Å². The Hall–Kier alpha value is -2.41. The van der Waals surface area contributed by atoms with Crippen molar-refractivity contribution in [1.29, 1.82) is 0 Å². The summed E-state index contributed by atoms with van der Waals surface area (Å²) in [6.07, 6.45) is 0.888. The molecule has 3 rings (SSSR count). The number of H-pyrrole nitrogens is 1. The van der Waals surface area contributed by atoms with Crippen molar-refractivity contribution < 1.29 is 10.0 Å². The second-order valence-corrected chi connectivity index (χ2v) is 4.98. The summed E-state index contributed by atoms with van der Waals surface area (Å²) >= 11 is 0. The number of nitrogens with one attached hydrogen (secondary N) is 1. The molecule has 1 aromatic heterocycles. The molecule has 0 radical (unpaired) electrons. The summed E-state index contributed by atoms with van der Waals surface area (Å²) in [7, 11) is 2.03. The molecule has 0 spiro atoms. The van der Waals surface area contributed by atoms with Gasteiger partial charge in [0.2, 0.25) is 0 Å². The van der Waals surface area contributed by atoms with Gasteiger partial charge in [-0.3, -0.25) is 15.2 Å². The third-order valence-electron chi connectivity index (χ3n) is 3.57. The number of hydrogen-bond acceptors (Lipinski definition) is 5. The van der Waals surface area contributed by atoms with Crippen molar-refractivity contribution >= 4 is 5.69 Å². The van der Waals surface area contributed by atoms with Gasteiger partial charge in [-0.15, -0.1) is 0 Å². The predicted molar refractivity (Wildman–Crippen MR) is 72.4 cm³/mol. The molecule has 20 heavy (non-hydrogen) atoms. The lowest BCUT2D eigenvalue weighted by Gasteiger charge is -2.22. The molecule has 0 unspecified atom stereocenters. The summed E-state index contributed by atoms with van der Waals surface area (Å²) < 4.78 is 0. The van der Waals surface area contributed by atoms with Gasteiger partial charge in [0.25, 0.3) is 0 Å². The minimum absolute atomic E-state index is 0.302. The normalized spacial score (nSPS) is 15.1. The number of benzene rings is 1. The molecule has 2 N–H and O–H groups in total. The SMILES string of the molecule is CN1CCc2[nH]nc(-c3ccc(O)c([N+](=O)[O-])c3)c2C1. The van der Waals surface area contributed by atoms with E-state index in [0.717, 1.165) is 36.5 Å². The second-order valence-electron chi connectivity index (χ2n) is 4.98. The van der Waals surface area contributed by atoms with Crippen molar-refractivity contribution in [2.75, 3.05) is 13.6 Å². The fraction of sp³-hybridized carbons (Fsp3) is 0.308. The highest BCUT2D eigenvalue weighted by Crippen LogP contribution is 2.33. The molecular weight excluding hydrogens is 260 g/mol. The molecule has 7 heteroatoms. The van der Waals surface area contributed by atoms with Gasteiger partial charge in [-0.05, 0) is 19.2 Å². The quantitative estimate of drug-likeness (QED) is 0.641. The highest BCUT2D eigenvalue weighted by atomic mass is 16.6. The van der Waals surface area contributed by atoms with Gasteiger partial charge >= 0.3 is 5.69 Å². The van der Waals surface area contributed by atoms with Gasteiger partial charge in [0, 0.05) is 42.4 Å². The van der Waals surface area contributed by atoms with Crippen LogP contribution in [-0.2, 0) is 13.0 Å². The molecule has 1 aliphatic heterocycles. The number of phenols is 1. The van der Waals surface area contributed by atoms with Crippen LogP contribution in [0, 0.1) is 10.1 Å². The van der Waals surface area contributed by atoms with E-state index in [1.165, 1.54) is 12.1 Å². The van der Waals surface area contributed by atoms with Crippen LogP contribution in [-0.4, -0.2) is 38.7 Å². The molecule has 0 atom stereocenters. The minimum atomic E-state index is -0.593. The Balaban J connectivity index is 2.08. The number of phenolic OH excluding ortho intramolecular Hbond substituents is 1. The van der Waals surface area contributed by atoms with Gasteiger partial charge in [-0.2, -0.15) is 5.10 Å². The number of likely N-dealkylation sites (N-methyl/N-ethyl adjacent to an activating group) is 1. The molecule has 0 bridgehead atoms. The second kappa shape index (κ2) is 4.61. The van der Waals surface area contributed by atoms with Gasteiger partial charge in [0.1, 0.15) is 0 Å². The third-order valence-corrected chi connectivity index (χ3v) is 3.57. The zero-order valence-corrected chi connectivity index (χ0v) is 11.0. The van der Waals surface area contributed by atoms with Crippen LogP contribution < -0.4 is 0 Å². The van der Waals surface area contributed by atoms with Gasteiger partial charge in [-0.25, -0.2) is 0 Å². The van der Waals surface area contributed by atoms with E-state index in [1.54, 1.807) is 6.07 Å². The van der Waals surface area contributed by atoms with E-state index in [0.29, 0.717) is 5.56 Å². The first-order valence-electron chi connectivity index (χ1n) is 6.28. The lowest BCUT2D eigenvalue weighted by atomic mass is 10.0. The van der Waals surface area contributed by atoms with E-state index in [2.05, 4.69) is 15.1 Å². The lowest BCUT2D eigenvalue weighted by Crippen LogP contribution is -2.26. The molecular formula is C13H14N4O3. The molecule has 104 valence electrons. The van der Waals surface area contributed by atoms with Crippen molar-refractivity contribution in [2.45, 2.75) is 13.0 Å². The average molecular weight is 274 g/mol. The number of nitrogens with zero attached hydrogens (tertiary/aromatic N) is 3. The Bertz CT molecular complexity index is 680. The van der Waals surface area contributed by atoms with Crippen LogP contribution in [0.1, 0.15) is 11.3 Å². The number of aromatic nitrogens is 2. The average Bonchev–Trinajstić information content (AvgIpc) is 2.82. The van der Waals surface area contributed by atoms with Crippen molar-refractivity contribution in [3.05, 3.63) is 39.6 Å². The molecule has 2 heterocycles. The van der Waals surface area contributed by atoms with Gasteiger partial charge in [0.15, 0.2) is 5.75 Å². The van der Waals surface area contributed by atoms with E-state index in [1.807, 2.05) is 7.05 Å². The monoisotopic (exact) mass is 274 g/mol. The number of hydrogen-bond donors (Lipinski definition) is 2. The van der Waals surface area contributed by atoms with Gasteiger partial charge < -0.3 is 10.0 Å². The summed E-state index contributed by atoms with van der Waals surface area (Å²) in [5.74, 6) is -0.333. The number of nitro groups is 1. The maximum Gasteiger partial charge on any atom is 0.311 e. The van der Waals surface area contributed by atoms with Crippen molar-refractivity contribution in [3.8, 4) is 17.0 Å². The zero-order chi connectivity index (χ0) is 14.3. The van der Waals surface area contributed by atoms with Crippen LogP contribution in [0.2, 0.25) is 0 Å². The maximum absolute atomic E-state index is 10.9. The van der Waals surface area contributed by atoms with Crippen LogP contribution in [0.25, 0.3) is 11.3 Å². The van der Waals surface area contributed by atoms with Gasteiger partial charge in [0.05, 0.1) is 10.6 Å². The topological polar surface area (TPSA) is 95.3 Å². The van der Waals surface area contributed by atoms with E-state index < -0.39 is 4.92 Å². The molecule has 0 fully saturated rings. The van der Waals surface area contributed by atoms with Crippen LogP contribution in [0.15, 0.2) is 18.2 Å². The summed E-state index contributed by atoms with van der Waals surface area (Å²) in [4.78, 5) is 12.5. The third kappa shape index (κ3) is 2.01. The molecule has 0 amide bonds. The molecule has 0 saturated carbocycles. The Morgan fingerprint density at radius 3 is 3.05 bits per heavy atom. The summed E-state index contributed by atoms with van der Waals surface area (Å²) in [5, 5.41) is 27.7. The molecule has 1 aromatic carbocycles. The largest absolute Gasteiger partial charge is 0.502 e. The molecule has 1 aliphatic rings. The van der Waals surface area contributed by atoms with Crippen molar-refractivity contribution in [3.63, 3.8) is 0 Å². The predicted octanol–water partition coefficient (Wildman–Crippen LogP) is 1.68. The molecule has 0 saturated heterocycles. The van der Waals surface area contributed by atoms with E-state index in [-0.39, 0.29) is 11.4 Å². The first kappa shape index (κ1) is 12.6. The lowest BCUT2D eigenvalue weighted by molar-refractivity contribution is -0.385. The fourth-order valence-corrected chi connectivity index (χ4v) is 2.49. The summed E-state index contributed by atoms with van der Waals surface area (Å²) in [5.41, 5.74) is 3.20. The molecule has 2 aromatic rings. The number of aromatic amines is 1. The number of fused-ring (bicyclic) bond motifs is 1. The van der Waals surface area contributed by atoms with E-state index in [4.69, 9.17) is 0 Å². The first-order valence-corrected chi connectivity index (χ1v) is 6.28. The number of rotatable bonds is 2. The fourth-order valence-electron chi connectivity index (χ4n) is 2.49. The van der Waals surface area contributed by atoms with Crippen molar-refractivity contribution in [2.24, 2.45) is 0 Å². The Morgan fingerprint density at radius 1 is 1.50 bits per heavy atom. The standard InChI is InChI=1S/C13H14N4O3/c1-16-5-4-10-9(7-16)13(15-14-10)8-2-3-12(18)11(6-8)17(19)20/h2-3,6,18H,4-5,7H2,1H3,(H,14,15).